The van der Waals surface area contributed by atoms with Crippen LogP contribution in [0.1, 0.15) is 12.5 Å². The molecule has 0 heterocycles. The summed E-state index contributed by atoms with van der Waals surface area (Å²) in [6.07, 6.45) is -0.492. The third kappa shape index (κ3) is 6.33. The Morgan fingerprint density at radius 2 is 2.26 bits per heavy atom. The van der Waals surface area contributed by atoms with Crippen LogP contribution in [0.3, 0.4) is 0 Å². The number of ether oxygens (including phenoxy) is 1. The third-order valence-electron chi connectivity index (χ3n) is 2.58. The van der Waals surface area contributed by atoms with Crippen LogP contribution in [0, 0.1) is 0 Å². The molecule has 106 valence electrons. The Kier molecular flexibility index (Phi) is 6.49. The number of benzene rings is 1. The van der Waals surface area contributed by atoms with Gasteiger partial charge in [-0.15, -0.1) is 0 Å². The standard InChI is InChI=1S/C14H22N2O3/c1-11(17)15-13-6-4-5-12(7-13)8-16(2)9-14(18)10-19-3/h4-7,14,18H,8-10H2,1-3H3,(H,15,17)/t14-/m0/s1. The van der Waals surface area contributed by atoms with E-state index in [4.69, 9.17) is 4.74 Å². The van der Waals surface area contributed by atoms with Crippen LogP contribution in [0.4, 0.5) is 5.69 Å². The number of rotatable bonds is 7. The first-order valence-corrected chi connectivity index (χ1v) is 6.23. The minimum Gasteiger partial charge on any atom is -0.389 e. The van der Waals surface area contributed by atoms with E-state index < -0.39 is 6.10 Å². The van der Waals surface area contributed by atoms with Crippen molar-refractivity contribution in [1.29, 1.82) is 0 Å². The molecule has 1 rings (SSSR count). The topological polar surface area (TPSA) is 61.8 Å². The predicted octanol–water partition coefficient (Wildman–Crippen LogP) is 1.08. The number of hydrogen-bond acceptors (Lipinski definition) is 4. The van der Waals surface area contributed by atoms with Crippen LogP contribution in [0.2, 0.25) is 0 Å². The van der Waals surface area contributed by atoms with Gasteiger partial charge in [0.05, 0.1) is 12.7 Å². The van der Waals surface area contributed by atoms with Gasteiger partial charge in [0.2, 0.25) is 5.91 Å². The van der Waals surface area contributed by atoms with Gasteiger partial charge in [0, 0.05) is 32.8 Å². The fourth-order valence-electron chi connectivity index (χ4n) is 1.93. The summed E-state index contributed by atoms with van der Waals surface area (Å²) in [6.45, 7) is 3.06. The molecule has 0 spiro atoms. The minimum absolute atomic E-state index is 0.0824. The van der Waals surface area contributed by atoms with Gasteiger partial charge in [0.1, 0.15) is 0 Å². The number of aliphatic hydroxyl groups excluding tert-OH is 1. The van der Waals surface area contributed by atoms with E-state index in [1.807, 2.05) is 36.2 Å². The van der Waals surface area contributed by atoms with Gasteiger partial charge < -0.3 is 15.2 Å². The molecule has 0 aliphatic heterocycles. The van der Waals surface area contributed by atoms with Crippen molar-refractivity contribution >= 4 is 11.6 Å². The fraction of sp³-hybridized carbons (Fsp3) is 0.500. The maximum absolute atomic E-state index is 11.0. The number of nitrogens with one attached hydrogen (secondary N) is 1. The first-order chi connectivity index (χ1) is 9.01. The Hall–Kier alpha value is -1.43. The first-order valence-electron chi connectivity index (χ1n) is 6.23. The van der Waals surface area contributed by atoms with Crippen molar-refractivity contribution in [3.8, 4) is 0 Å². The molecular formula is C14H22N2O3. The smallest absolute Gasteiger partial charge is 0.221 e. The number of nitrogens with zero attached hydrogens (tertiary/aromatic N) is 1. The third-order valence-corrected chi connectivity index (χ3v) is 2.58. The summed E-state index contributed by atoms with van der Waals surface area (Å²) in [5.74, 6) is -0.0824. The normalized spacial score (nSPS) is 12.5. The highest BCUT2D eigenvalue weighted by atomic mass is 16.5. The molecule has 0 aliphatic carbocycles. The number of anilines is 1. The molecule has 0 aliphatic rings. The molecule has 0 unspecified atom stereocenters. The van der Waals surface area contributed by atoms with Crippen molar-refractivity contribution in [3.63, 3.8) is 0 Å². The highest BCUT2D eigenvalue weighted by Crippen LogP contribution is 2.12. The summed E-state index contributed by atoms with van der Waals surface area (Å²) in [5.41, 5.74) is 1.87. The van der Waals surface area contributed by atoms with Crippen molar-refractivity contribution in [3.05, 3.63) is 29.8 Å². The Labute approximate surface area is 114 Å². The molecule has 0 bridgehead atoms. The maximum atomic E-state index is 11.0. The van der Waals surface area contributed by atoms with E-state index in [1.165, 1.54) is 6.92 Å². The molecule has 1 amide bonds. The molecule has 0 saturated heterocycles. The van der Waals surface area contributed by atoms with Crippen LogP contribution in [-0.2, 0) is 16.1 Å². The monoisotopic (exact) mass is 266 g/mol. The van der Waals surface area contributed by atoms with Crippen molar-refractivity contribution < 1.29 is 14.6 Å². The lowest BCUT2D eigenvalue weighted by Gasteiger charge is -2.20. The largest absolute Gasteiger partial charge is 0.389 e. The molecule has 0 fully saturated rings. The zero-order valence-electron chi connectivity index (χ0n) is 11.7. The second-order valence-electron chi connectivity index (χ2n) is 4.69. The zero-order valence-corrected chi connectivity index (χ0v) is 11.7. The van der Waals surface area contributed by atoms with Gasteiger partial charge in [-0.05, 0) is 24.7 Å². The molecule has 1 atom stereocenters. The summed E-state index contributed by atoms with van der Waals surface area (Å²) in [4.78, 5) is 13.0. The van der Waals surface area contributed by atoms with Crippen LogP contribution in [-0.4, -0.2) is 49.3 Å². The maximum Gasteiger partial charge on any atom is 0.221 e. The summed E-state index contributed by atoms with van der Waals surface area (Å²) in [7, 11) is 3.50. The summed E-state index contributed by atoms with van der Waals surface area (Å²) >= 11 is 0. The van der Waals surface area contributed by atoms with E-state index in [9.17, 15) is 9.90 Å². The minimum atomic E-state index is -0.492. The van der Waals surface area contributed by atoms with Gasteiger partial charge in [-0.25, -0.2) is 0 Å². The average molecular weight is 266 g/mol. The average Bonchev–Trinajstić information content (AvgIpc) is 2.28. The SMILES string of the molecule is COC[C@@H](O)CN(C)Cc1cccc(NC(C)=O)c1. The lowest BCUT2D eigenvalue weighted by atomic mass is 10.2. The summed E-state index contributed by atoms with van der Waals surface area (Å²) in [5, 5.41) is 12.4. The Morgan fingerprint density at radius 3 is 2.89 bits per heavy atom. The second-order valence-corrected chi connectivity index (χ2v) is 4.69. The molecule has 1 aromatic rings. The van der Waals surface area contributed by atoms with Crippen molar-refractivity contribution in [2.75, 3.05) is 32.6 Å². The number of carbonyl (C=O) groups excluding carboxylic acids is 1. The molecule has 0 radical (unpaired) electrons. The number of methoxy groups -OCH3 is 1. The van der Waals surface area contributed by atoms with Gasteiger partial charge in [0.15, 0.2) is 0 Å². The molecule has 19 heavy (non-hydrogen) atoms. The van der Waals surface area contributed by atoms with Crippen molar-refractivity contribution in [1.82, 2.24) is 4.90 Å². The van der Waals surface area contributed by atoms with E-state index in [-0.39, 0.29) is 5.91 Å². The predicted molar refractivity (Wildman–Crippen MR) is 75.0 cm³/mol. The van der Waals surface area contributed by atoms with Gasteiger partial charge >= 0.3 is 0 Å². The molecule has 0 saturated carbocycles. The Balaban J connectivity index is 2.54. The van der Waals surface area contributed by atoms with Crippen LogP contribution in [0.5, 0.6) is 0 Å². The first kappa shape index (κ1) is 15.6. The molecule has 0 aromatic heterocycles. The summed E-state index contributed by atoms with van der Waals surface area (Å²) in [6, 6.07) is 7.68. The number of carbonyl (C=O) groups is 1. The van der Waals surface area contributed by atoms with E-state index in [0.717, 1.165) is 11.3 Å². The quantitative estimate of drug-likeness (QED) is 0.775. The fourth-order valence-corrected chi connectivity index (χ4v) is 1.93. The van der Waals surface area contributed by atoms with Gasteiger partial charge in [-0.1, -0.05) is 12.1 Å². The van der Waals surface area contributed by atoms with Gasteiger partial charge in [-0.3, -0.25) is 9.69 Å². The lowest BCUT2D eigenvalue weighted by Crippen LogP contribution is -2.31. The van der Waals surface area contributed by atoms with E-state index >= 15 is 0 Å². The number of aliphatic hydroxyl groups is 1. The number of amides is 1. The molecule has 5 nitrogen and oxygen atoms in total. The van der Waals surface area contributed by atoms with E-state index in [2.05, 4.69) is 5.32 Å². The van der Waals surface area contributed by atoms with Crippen LogP contribution < -0.4 is 5.32 Å². The Bertz CT molecular complexity index is 409. The van der Waals surface area contributed by atoms with Crippen LogP contribution in [0.25, 0.3) is 0 Å². The molecule has 5 heteroatoms. The van der Waals surface area contributed by atoms with Crippen LogP contribution in [0.15, 0.2) is 24.3 Å². The molecule has 1 aromatic carbocycles. The molecule has 2 N–H and O–H groups in total. The highest BCUT2D eigenvalue weighted by Gasteiger charge is 2.08. The lowest BCUT2D eigenvalue weighted by molar-refractivity contribution is -0.114. The Morgan fingerprint density at radius 1 is 1.53 bits per heavy atom. The van der Waals surface area contributed by atoms with Crippen molar-refractivity contribution in [2.45, 2.75) is 19.6 Å². The van der Waals surface area contributed by atoms with Gasteiger partial charge in [0.25, 0.3) is 0 Å². The van der Waals surface area contributed by atoms with E-state index in [0.29, 0.717) is 19.7 Å². The molecular weight excluding hydrogens is 244 g/mol. The second kappa shape index (κ2) is 7.89. The summed E-state index contributed by atoms with van der Waals surface area (Å²) < 4.78 is 4.89. The van der Waals surface area contributed by atoms with E-state index in [1.54, 1.807) is 7.11 Å². The number of hydrogen-bond donors (Lipinski definition) is 2. The van der Waals surface area contributed by atoms with Crippen LogP contribution >= 0.6 is 0 Å². The number of likely N-dealkylation sites (N-methyl/N-ethyl adjacent to an activating group) is 1. The zero-order chi connectivity index (χ0) is 14.3. The van der Waals surface area contributed by atoms with Crippen molar-refractivity contribution in [2.24, 2.45) is 0 Å². The highest BCUT2D eigenvalue weighted by molar-refractivity contribution is 5.88. The van der Waals surface area contributed by atoms with Gasteiger partial charge in [-0.2, -0.15) is 0 Å².